The van der Waals surface area contributed by atoms with Crippen molar-refractivity contribution >= 4 is 29.8 Å². The van der Waals surface area contributed by atoms with Crippen molar-refractivity contribution in [2.75, 3.05) is 6.26 Å². The first-order valence-electron chi connectivity index (χ1n) is 6.97. The molecule has 1 saturated carbocycles. The van der Waals surface area contributed by atoms with E-state index in [1.807, 2.05) is 30.5 Å². The predicted octanol–water partition coefficient (Wildman–Crippen LogP) is 1.92. The number of hydrogen-bond acceptors (Lipinski definition) is 4. The highest BCUT2D eigenvalue weighted by Gasteiger charge is 2.20. The van der Waals surface area contributed by atoms with E-state index in [4.69, 9.17) is 0 Å². The first-order chi connectivity index (χ1) is 10.2. The van der Waals surface area contributed by atoms with Crippen LogP contribution in [0, 0.1) is 0 Å². The van der Waals surface area contributed by atoms with E-state index in [2.05, 4.69) is 15.8 Å². The number of nitrogens with zero attached hydrogens (tertiary/aromatic N) is 1. The Morgan fingerprint density at radius 3 is 2.48 bits per heavy atom. The van der Waals surface area contributed by atoms with Gasteiger partial charge in [0.1, 0.15) is 0 Å². The monoisotopic (exact) mass is 305 g/mol. The standard InChI is InChI=1S/C15H19N3O2S/c1-21-13-8-6-11(7-9-13)10-16-18-15(20)14(19)17-12-4-2-3-5-12/h6-10,12H,2-5H2,1H3,(H,17,19)(H,18,20)/b16-10+. The third-order valence-electron chi connectivity index (χ3n) is 3.39. The molecule has 1 aromatic rings. The molecule has 1 aliphatic carbocycles. The summed E-state index contributed by atoms with van der Waals surface area (Å²) in [5.41, 5.74) is 3.11. The topological polar surface area (TPSA) is 70.6 Å². The SMILES string of the molecule is CSc1ccc(/C=N/NC(=O)C(=O)NC2CCCC2)cc1. The molecule has 1 fully saturated rings. The van der Waals surface area contributed by atoms with Crippen LogP contribution in [0.4, 0.5) is 0 Å². The molecule has 0 saturated heterocycles. The molecule has 0 radical (unpaired) electrons. The minimum Gasteiger partial charge on any atom is -0.345 e. The van der Waals surface area contributed by atoms with Gasteiger partial charge >= 0.3 is 11.8 Å². The third kappa shape index (κ3) is 4.90. The highest BCUT2D eigenvalue weighted by Crippen LogP contribution is 2.17. The minimum atomic E-state index is -0.723. The molecule has 0 heterocycles. The largest absolute Gasteiger partial charge is 0.345 e. The van der Waals surface area contributed by atoms with Gasteiger partial charge in [0.2, 0.25) is 0 Å². The molecule has 0 aromatic heterocycles. The number of rotatable bonds is 4. The molecule has 0 aliphatic heterocycles. The Morgan fingerprint density at radius 1 is 1.19 bits per heavy atom. The fourth-order valence-electron chi connectivity index (χ4n) is 2.23. The minimum absolute atomic E-state index is 0.131. The number of amides is 2. The van der Waals surface area contributed by atoms with Crippen LogP contribution in [-0.2, 0) is 9.59 Å². The lowest BCUT2D eigenvalue weighted by molar-refractivity contribution is -0.139. The van der Waals surface area contributed by atoms with Gasteiger partial charge in [0.05, 0.1) is 6.21 Å². The van der Waals surface area contributed by atoms with Crippen molar-refractivity contribution in [1.29, 1.82) is 0 Å². The van der Waals surface area contributed by atoms with Crippen LogP contribution in [0.25, 0.3) is 0 Å². The number of hydrogen-bond donors (Lipinski definition) is 2. The molecule has 112 valence electrons. The molecule has 1 aromatic carbocycles. The average Bonchev–Trinajstić information content (AvgIpc) is 3.00. The first kappa shape index (κ1) is 15.6. The van der Waals surface area contributed by atoms with E-state index in [0.717, 1.165) is 36.1 Å². The Hall–Kier alpha value is -1.82. The van der Waals surface area contributed by atoms with Crippen molar-refractivity contribution in [3.05, 3.63) is 29.8 Å². The number of carbonyl (C=O) groups excluding carboxylic acids is 2. The summed E-state index contributed by atoms with van der Waals surface area (Å²) >= 11 is 1.66. The second kappa shape index (κ2) is 7.83. The third-order valence-corrected chi connectivity index (χ3v) is 4.14. The van der Waals surface area contributed by atoms with Crippen molar-refractivity contribution in [3.63, 3.8) is 0 Å². The number of carbonyl (C=O) groups is 2. The Bertz CT molecular complexity index is 522. The molecule has 2 N–H and O–H groups in total. The predicted molar refractivity (Wildman–Crippen MR) is 84.4 cm³/mol. The average molecular weight is 305 g/mol. The lowest BCUT2D eigenvalue weighted by Crippen LogP contribution is -2.42. The van der Waals surface area contributed by atoms with E-state index >= 15 is 0 Å². The van der Waals surface area contributed by atoms with Crippen LogP contribution in [0.15, 0.2) is 34.3 Å². The quantitative estimate of drug-likeness (QED) is 0.386. The highest BCUT2D eigenvalue weighted by molar-refractivity contribution is 7.98. The Kier molecular flexibility index (Phi) is 5.80. The zero-order valence-corrected chi connectivity index (χ0v) is 12.8. The van der Waals surface area contributed by atoms with Crippen LogP contribution in [0.5, 0.6) is 0 Å². The highest BCUT2D eigenvalue weighted by atomic mass is 32.2. The summed E-state index contributed by atoms with van der Waals surface area (Å²) in [6.07, 6.45) is 7.64. The van der Waals surface area contributed by atoms with Crippen LogP contribution in [-0.4, -0.2) is 30.3 Å². The van der Waals surface area contributed by atoms with Crippen LogP contribution in [0.1, 0.15) is 31.2 Å². The van der Waals surface area contributed by atoms with Gasteiger partial charge in [-0.05, 0) is 36.8 Å². The van der Waals surface area contributed by atoms with Gasteiger partial charge in [-0.3, -0.25) is 9.59 Å². The van der Waals surface area contributed by atoms with E-state index in [0.29, 0.717) is 0 Å². The summed E-state index contributed by atoms with van der Waals surface area (Å²) in [5, 5.41) is 6.52. The smallest absolute Gasteiger partial charge is 0.329 e. The van der Waals surface area contributed by atoms with Gasteiger partial charge in [-0.2, -0.15) is 5.10 Å². The van der Waals surface area contributed by atoms with Crippen molar-refractivity contribution in [2.24, 2.45) is 5.10 Å². The van der Waals surface area contributed by atoms with Crippen LogP contribution in [0.3, 0.4) is 0 Å². The molecule has 2 rings (SSSR count). The summed E-state index contributed by atoms with van der Waals surface area (Å²) in [5.74, 6) is -1.34. The summed E-state index contributed by atoms with van der Waals surface area (Å²) in [7, 11) is 0. The summed E-state index contributed by atoms with van der Waals surface area (Å²) in [6, 6.07) is 7.88. The maximum Gasteiger partial charge on any atom is 0.329 e. The number of thioether (sulfide) groups is 1. The van der Waals surface area contributed by atoms with Crippen LogP contribution < -0.4 is 10.7 Å². The summed E-state index contributed by atoms with van der Waals surface area (Å²) in [4.78, 5) is 24.4. The van der Waals surface area contributed by atoms with Gasteiger partial charge < -0.3 is 5.32 Å². The molecular weight excluding hydrogens is 286 g/mol. The molecule has 0 unspecified atom stereocenters. The molecule has 2 amide bonds. The molecule has 0 bridgehead atoms. The van der Waals surface area contributed by atoms with E-state index in [9.17, 15) is 9.59 Å². The van der Waals surface area contributed by atoms with Gasteiger partial charge in [-0.15, -0.1) is 11.8 Å². The van der Waals surface area contributed by atoms with Gasteiger partial charge in [0, 0.05) is 10.9 Å². The fraction of sp³-hybridized carbons (Fsp3) is 0.400. The molecule has 6 heteroatoms. The van der Waals surface area contributed by atoms with Gasteiger partial charge in [-0.1, -0.05) is 25.0 Å². The maximum atomic E-state index is 11.6. The number of nitrogens with one attached hydrogen (secondary N) is 2. The van der Waals surface area contributed by atoms with E-state index in [1.165, 1.54) is 6.21 Å². The summed E-state index contributed by atoms with van der Waals surface area (Å²) in [6.45, 7) is 0. The molecule has 21 heavy (non-hydrogen) atoms. The van der Waals surface area contributed by atoms with Crippen molar-refractivity contribution < 1.29 is 9.59 Å². The zero-order chi connectivity index (χ0) is 15.1. The first-order valence-corrected chi connectivity index (χ1v) is 8.19. The van der Waals surface area contributed by atoms with Gasteiger partial charge in [0.25, 0.3) is 0 Å². The van der Waals surface area contributed by atoms with Crippen LogP contribution >= 0.6 is 11.8 Å². The van der Waals surface area contributed by atoms with Crippen LogP contribution in [0.2, 0.25) is 0 Å². The summed E-state index contributed by atoms with van der Waals surface area (Å²) < 4.78 is 0. The molecule has 5 nitrogen and oxygen atoms in total. The molecular formula is C15H19N3O2S. The van der Waals surface area contributed by atoms with Crippen molar-refractivity contribution in [1.82, 2.24) is 10.7 Å². The van der Waals surface area contributed by atoms with Gasteiger partial charge in [0.15, 0.2) is 0 Å². The zero-order valence-electron chi connectivity index (χ0n) is 12.0. The lowest BCUT2D eigenvalue weighted by atomic mass is 10.2. The number of hydrazone groups is 1. The van der Waals surface area contributed by atoms with E-state index < -0.39 is 11.8 Å². The molecule has 1 aliphatic rings. The van der Waals surface area contributed by atoms with Crippen molar-refractivity contribution in [3.8, 4) is 0 Å². The van der Waals surface area contributed by atoms with Crippen molar-refractivity contribution in [2.45, 2.75) is 36.6 Å². The Balaban J connectivity index is 1.78. The second-order valence-electron chi connectivity index (χ2n) is 4.93. The molecule has 0 atom stereocenters. The maximum absolute atomic E-state index is 11.6. The fourth-order valence-corrected chi connectivity index (χ4v) is 2.64. The second-order valence-corrected chi connectivity index (χ2v) is 5.81. The number of benzene rings is 1. The van der Waals surface area contributed by atoms with E-state index in [-0.39, 0.29) is 6.04 Å². The molecule has 0 spiro atoms. The Morgan fingerprint density at radius 2 is 1.86 bits per heavy atom. The van der Waals surface area contributed by atoms with E-state index in [1.54, 1.807) is 11.8 Å². The lowest BCUT2D eigenvalue weighted by Gasteiger charge is -2.10. The Labute approximate surface area is 128 Å². The normalized spacial score (nSPS) is 15.3. The van der Waals surface area contributed by atoms with Gasteiger partial charge in [-0.25, -0.2) is 5.43 Å².